The van der Waals surface area contributed by atoms with E-state index in [4.69, 9.17) is 44.3 Å². The maximum atomic E-state index is 13.0. The first-order valence-electron chi connectivity index (χ1n) is 8.93. The number of amides is 3. The molecule has 3 unspecified atom stereocenters. The van der Waals surface area contributed by atoms with Gasteiger partial charge in [-0.25, -0.2) is 4.79 Å². The van der Waals surface area contributed by atoms with Gasteiger partial charge in [0.15, 0.2) is 6.61 Å². The number of benzene rings is 1. The van der Waals surface area contributed by atoms with Crippen molar-refractivity contribution in [3.05, 3.63) is 30.3 Å². The van der Waals surface area contributed by atoms with E-state index in [2.05, 4.69) is 5.32 Å². The largest absolute Gasteiger partial charge is 0.524 e. The molecule has 2 aliphatic rings. The Bertz CT molecular complexity index is 892. The predicted octanol–water partition coefficient (Wildman–Crippen LogP) is 2.28. The van der Waals surface area contributed by atoms with Crippen LogP contribution < -0.4 is 10.1 Å². The van der Waals surface area contributed by atoms with E-state index in [-0.39, 0.29) is 13.2 Å². The maximum Gasteiger partial charge on any atom is 0.524 e. The summed E-state index contributed by atoms with van der Waals surface area (Å²) in [5.74, 6) is -0.716. The average molecular weight is 499 g/mol. The zero-order valence-corrected chi connectivity index (χ0v) is 19.2. The number of imide groups is 1. The number of alkyl halides is 3. The number of carbonyl (C=O) groups excluding carboxylic acids is 3. The smallest absolute Gasteiger partial charge is 0.484 e. The van der Waals surface area contributed by atoms with Crippen LogP contribution in [0.4, 0.5) is 4.79 Å². The van der Waals surface area contributed by atoms with Crippen molar-refractivity contribution in [3.63, 3.8) is 0 Å². The van der Waals surface area contributed by atoms with Crippen molar-refractivity contribution in [2.24, 2.45) is 0 Å². The van der Waals surface area contributed by atoms with E-state index in [1.807, 2.05) is 0 Å². The monoisotopic (exact) mass is 497 g/mol. The fourth-order valence-electron chi connectivity index (χ4n) is 3.64. The molecule has 0 bridgehead atoms. The van der Waals surface area contributed by atoms with Crippen LogP contribution in [0.25, 0.3) is 0 Å². The first kappa shape index (κ1) is 23.3. The molecule has 1 aromatic carbocycles. The second kappa shape index (κ2) is 8.27. The number of hydrogen-bond acceptors (Lipinski definition) is 6. The summed E-state index contributed by atoms with van der Waals surface area (Å²) in [6, 6.07) is 7.55. The zero-order chi connectivity index (χ0) is 22.3. The molecule has 0 spiro atoms. The average Bonchev–Trinajstić information content (AvgIpc) is 2.87. The first-order valence-corrected chi connectivity index (χ1v) is 11.3. The molecule has 2 fully saturated rings. The molecular formula is C18H20Cl3N2O6S+. The van der Waals surface area contributed by atoms with Crippen LogP contribution in [-0.4, -0.2) is 66.3 Å². The summed E-state index contributed by atoms with van der Waals surface area (Å²) in [4.78, 5) is 38.0. The number of ether oxygens (including phenoxy) is 2. The molecule has 3 rings (SSSR count). The minimum atomic E-state index is -1.85. The van der Waals surface area contributed by atoms with Crippen LogP contribution in [0.5, 0.6) is 5.75 Å². The quantitative estimate of drug-likeness (QED) is 0.380. The number of hydrogen-bond donors (Lipinski definition) is 1. The van der Waals surface area contributed by atoms with Crippen LogP contribution in [0.15, 0.2) is 30.3 Å². The number of nitrogens with one attached hydrogen (secondary N) is 1. The summed E-state index contributed by atoms with van der Waals surface area (Å²) in [5, 5.41) is 1.53. The molecule has 30 heavy (non-hydrogen) atoms. The highest BCUT2D eigenvalue weighted by Crippen LogP contribution is 2.46. The number of fused-ring (bicyclic) bond motifs is 1. The van der Waals surface area contributed by atoms with Crippen molar-refractivity contribution in [1.29, 1.82) is 0 Å². The normalized spacial score (nSPS) is 29.5. The first-order chi connectivity index (χ1) is 13.9. The Kier molecular flexibility index (Phi) is 6.42. The van der Waals surface area contributed by atoms with Crippen molar-refractivity contribution in [2.75, 3.05) is 19.8 Å². The molecule has 8 nitrogen and oxygen atoms in total. The molecule has 2 heterocycles. The van der Waals surface area contributed by atoms with Crippen molar-refractivity contribution < 1.29 is 32.5 Å². The molecule has 0 aliphatic carbocycles. The third kappa shape index (κ3) is 4.31. The summed E-state index contributed by atoms with van der Waals surface area (Å²) in [6.45, 7) is 2.40. The van der Waals surface area contributed by atoms with Crippen LogP contribution in [0.3, 0.4) is 0 Å². The molecule has 12 heteroatoms. The SMILES string of the molecule is CC1(C)C[N+]2(C(=O)OCC(Cl)(Cl)Cl)C(=O)C(NC(=O)COc3ccccc3)[C@@H]2S1=O. The topological polar surface area (TPSA) is 98.8 Å². The van der Waals surface area contributed by atoms with Gasteiger partial charge in [-0.2, -0.15) is 4.79 Å². The Labute approximate surface area is 190 Å². The van der Waals surface area contributed by atoms with E-state index in [0.29, 0.717) is 5.75 Å². The van der Waals surface area contributed by atoms with Gasteiger partial charge in [-0.1, -0.05) is 53.0 Å². The van der Waals surface area contributed by atoms with E-state index < -0.39 is 59.8 Å². The fraction of sp³-hybridized carbons (Fsp3) is 0.500. The van der Waals surface area contributed by atoms with Crippen LogP contribution in [-0.2, 0) is 25.1 Å². The molecule has 0 radical (unpaired) electrons. The second-order valence-electron chi connectivity index (χ2n) is 7.63. The van der Waals surface area contributed by atoms with Gasteiger partial charge in [0.1, 0.15) is 18.9 Å². The summed E-state index contributed by atoms with van der Waals surface area (Å²) < 4.78 is 19.9. The number of para-hydroxylation sites is 1. The minimum absolute atomic E-state index is 0.0469. The molecule has 4 atom stereocenters. The summed E-state index contributed by atoms with van der Waals surface area (Å²) in [5.41, 5.74) is 0. The number of carbonyl (C=O) groups is 3. The molecule has 0 saturated carbocycles. The second-order valence-corrected chi connectivity index (χ2v) is 12.3. The van der Waals surface area contributed by atoms with Crippen LogP contribution in [0.1, 0.15) is 13.8 Å². The Morgan fingerprint density at radius 3 is 2.50 bits per heavy atom. The maximum absolute atomic E-state index is 13.0. The van der Waals surface area contributed by atoms with E-state index in [1.54, 1.807) is 44.2 Å². The Morgan fingerprint density at radius 1 is 1.27 bits per heavy atom. The fourth-order valence-corrected chi connectivity index (χ4v) is 5.82. The minimum Gasteiger partial charge on any atom is -0.484 e. The van der Waals surface area contributed by atoms with E-state index >= 15 is 0 Å². The molecule has 2 aliphatic heterocycles. The van der Waals surface area contributed by atoms with Gasteiger partial charge < -0.3 is 14.8 Å². The van der Waals surface area contributed by atoms with Crippen LogP contribution >= 0.6 is 34.8 Å². The van der Waals surface area contributed by atoms with Gasteiger partial charge in [0, 0.05) is 0 Å². The molecule has 1 N–H and O–H groups in total. The Morgan fingerprint density at radius 2 is 1.90 bits per heavy atom. The van der Waals surface area contributed by atoms with Crippen LogP contribution in [0.2, 0.25) is 0 Å². The Balaban J connectivity index is 1.72. The molecule has 2 saturated heterocycles. The lowest BCUT2D eigenvalue weighted by atomic mass is 10.00. The number of nitrogens with zero attached hydrogens (tertiary/aromatic N) is 1. The summed E-state index contributed by atoms with van der Waals surface area (Å²) >= 11 is 16.9. The van der Waals surface area contributed by atoms with Gasteiger partial charge in [-0.15, -0.1) is 4.48 Å². The van der Waals surface area contributed by atoms with Crippen molar-refractivity contribution in [1.82, 2.24) is 5.32 Å². The molecule has 1 aromatic rings. The molecule has 0 aromatic heterocycles. The highest BCUT2D eigenvalue weighted by Gasteiger charge is 2.79. The van der Waals surface area contributed by atoms with Gasteiger partial charge in [0.2, 0.25) is 15.2 Å². The van der Waals surface area contributed by atoms with Gasteiger partial charge in [0.05, 0.1) is 15.5 Å². The van der Waals surface area contributed by atoms with Crippen molar-refractivity contribution >= 4 is 63.5 Å². The lowest BCUT2D eigenvalue weighted by Gasteiger charge is -2.44. The third-order valence-electron chi connectivity index (χ3n) is 4.89. The summed E-state index contributed by atoms with van der Waals surface area (Å²) in [6.07, 6.45) is -0.957. The van der Waals surface area contributed by atoms with E-state index in [0.717, 1.165) is 0 Å². The van der Waals surface area contributed by atoms with E-state index in [1.165, 1.54) is 0 Å². The number of halogens is 3. The van der Waals surface area contributed by atoms with Crippen LogP contribution in [0, 0.1) is 0 Å². The zero-order valence-electron chi connectivity index (χ0n) is 16.1. The number of β-lactam (4-membered cyclic amide) rings is 1. The lowest BCUT2D eigenvalue weighted by molar-refractivity contribution is -0.819. The van der Waals surface area contributed by atoms with Gasteiger partial charge >= 0.3 is 12.0 Å². The van der Waals surface area contributed by atoms with Gasteiger partial charge in [0.25, 0.3) is 5.91 Å². The molecular weight excluding hydrogens is 479 g/mol. The highest BCUT2D eigenvalue weighted by atomic mass is 35.6. The Hall–Kier alpha value is -1.39. The standard InChI is InChI=1S/C18H19Cl3N2O6S/c1-17(2)9-23(16(26)29-10-18(19,20)21)14(25)13(15(23)30(17)27)22-12(24)8-28-11-6-4-3-5-7-11/h3-7,13,15H,8-10H2,1-2H3/p+1/t13?,15-,23?,30?/m0/s1. The van der Waals surface area contributed by atoms with Gasteiger partial charge in [-0.3, -0.25) is 9.00 Å². The van der Waals surface area contributed by atoms with Gasteiger partial charge in [-0.05, 0) is 26.0 Å². The lowest BCUT2D eigenvalue weighted by Crippen LogP contribution is -2.81. The highest BCUT2D eigenvalue weighted by molar-refractivity contribution is 7.87. The van der Waals surface area contributed by atoms with E-state index in [9.17, 15) is 18.6 Å². The number of quaternary nitrogens is 1. The number of rotatable bonds is 5. The third-order valence-corrected chi connectivity index (χ3v) is 7.50. The van der Waals surface area contributed by atoms with Crippen molar-refractivity contribution in [2.45, 2.75) is 33.8 Å². The summed E-state index contributed by atoms with van der Waals surface area (Å²) in [7, 11) is -1.62. The predicted molar refractivity (Wildman–Crippen MR) is 112 cm³/mol. The molecule has 3 amide bonds. The van der Waals surface area contributed by atoms with Crippen molar-refractivity contribution in [3.8, 4) is 5.75 Å². The molecule has 164 valence electrons.